The van der Waals surface area contributed by atoms with Crippen molar-refractivity contribution < 1.29 is 14.3 Å². The number of carbonyl (C=O) groups excluding carboxylic acids is 1. The Morgan fingerprint density at radius 1 is 1.27 bits per heavy atom. The smallest absolute Gasteiger partial charge is 0.311 e. The molecule has 3 nitrogen and oxygen atoms in total. The van der Waals surface area contributed by atoms with E-state index in [9.17, 15) is 4.79 Å². The molecule has 0 spiro atoms. The maximum Gasteiger partial charge on any atom is 0.311 e. The number of esters is 1. The zero-order chi connectivity index (χ0) is 11.1. The predicted octanol–water partition coefficient (Wildman–Crippen LogP) is 2.60. The fraction of sp³-hybridized carbons (Fsp3) is 0.333. The van der Waals surface area contributed by atoms with Gasteiger partial charge in [-0.2, -0.15) is 0 Å². The lowest BCUT2D eigenvalue weighted by Crippen LogP contribution is -2.06. The Morgan fingerprint density at radius 3 is 2.40 bits per heavy atom. The van der Waals surface area contributed by atoms with Gasteiger partial charge in [-0.05, 0) is 37.6 Å². The summed E-state index contributed by atoms with van der Waals surface area (Å²) < 4.78 is 10.3. The Morgan fingerprint density at radius 2 is 1.87 bits per heavy atom. The van der Waals surface area contributed by atoms with E-state index in [0.717, 1.165) is 5.75 Å². The Bertz CT molecular complexity index is 303. The highest BCUT2D eigenvalue weighted by Crippen LogP contribution is 2.17. The lowest BCUT2D eigenvalue weighted by Gasteiger charge is -2.05. The molecule has 0 fully saturated rings. The summed E-state index contributed by atoms with van der Waals surface area (Å²) in [4.78, 5) is 11.1. The largest absolute Gasteiger partial charge is 0.494 e. The van der Waals surface area contributed by atoms with Crippen molar-refractivity contribution in [3.63, 3.8) is 0 Å². The first kappa shape index (κ1) is 11.6. The third-order valence-corrected chi connectivity index (χ3v) is 1.75. The van der Waals surface area contributed by atoms with Gasteiger partial charge in [0.15, 0.2) is 0 Å². The molecule has 0 amide bonds. The minimum absolute atomic E-state index is 0.255. The molecule has 1 aromatic rings. The second-order valence-corrected chi connectivity index (χ2v) is 2.98. The van der Waals surface area contributed by atoms with Crippen LogP contribution in [0, 0.1) is 6.92 Å². The highest BCUT2D eigenvalue weighted by molar-refractivity contribution is 5.72. The van der Waals surface area contributed by atoms with Crippen LogP contribution in [0.4, 0.5) is 0 Å². The van der Waals surface area contributed by atoms with Crippen molar-refractivity contribution in [3.05, 3.63) is 31.2 Å². The Hall–Kier alpha value is -1.51. The van der Waals surface area contributed by atoms with Gasteiger partial charge in [-0.1, -0.05) is 6.92 Å². The van der Waals surface area contributed by atoms with Crippen molar-refractivity contribution in [2.75, 3.05) is 6.61 Å². The maximum atomic E-state index is 11.1. The van der Waals surface area contributed by atoms with Gasteiger partial charge in [0.05, 0.1) is 6.61 Å². The normalized spacial score (nSPS) is 9.73. The highest BCUT2D eigenvalue weighted by atomic mass is 16.5. The molecule has 0 bridgehead atoms. The minimum Gasteiger partial charge on any atom is -0.494 e. The summed E-state index contributed by atoms with van der Waals surface area (Å²) in [6.07, 6.45) is 0.892. The van der Waals surface area contributed by atoms with Gasteiger partial charge in [0.2, 0.25) is 0 Å². The number of ether oxygens (including phenoxy) is 2. The van der Waals surface area contributed by atoms with Crippen LogP contribution >= 0.6 is 0 Å². The maximum absolute atomic E-state index is 11.1. The topological polar surface area (TPSA) is 35.5 Å². The van der Waals surface area contributed by atoms with Crippen LogP contribution in [0.5, 0.6) is 11.5 Å². The zero-order valence-corrected chi connectivity index (χ0v) is 8.86. The molecular formula is C12H15O3. The Labute approximate surface area is 90.0 Å². The molecule has 0 atom stereocenters. The molecule has 0 heterocycles. The summed E-state index contributed by atoms with van der Waals surface area (Å²) >= 11 is 0. The number of benzene rings is 1. The van der Waals surface area contributed by atoms with Gasteiger partial charge in [-0.15, -0.1) is 0 Å². The molecule has 0 aliphatic rings. The van der Waals surface area contributed by atoms with Crippen LogP contribution in [0.2, 0.25) is 0 Å². The van der Waals surface area contributed by atoms with E-state index in [4.69, 9.17) is 9.47 Å². The van der Waals surface area contributed by atoms with Gasteiger partial charge >= 0.3 is 5.97 Å². The van der Waals surface area contributed by atoms with Gasteiger partial charge in [0.1, 0.15) is 11.5 Å². The first-order chi connectivity index (χ1) is 7.26. The zero-order valence-electron chi connectivity index (χ0n) is 8.86. The van der Waals surface area contributed by atoms with E-state index in [1.165, 1.54) is 0 Å². The minimum atomic E-state index is -0.255. The molecule has 0 aliphatic carbocycles. The predicted molar refractivity (Wildman–Crippen MR) is 57.8 cm³/mol. The fourth-order valence-electron chi connectivity index (χ4n) is 1.10. The molecule has 0 saturated heterocycles. The second kappa shape index (κ2) is 6.06. The number of hydrogen-bond donors (Lipinski definition) is 0. The number of hydrogen-bond acceptors (Lipinski definition) is 3. The molecule has 0 saturated carbocycles. The van der Waals surface area contributed by atoms with Crippen LogP contribution in [-0.4, -0.2) is 12.6 Å². The SMILES string of the molecule is [CH2]CCC(=O)Oc1ccc(OCC)cc1. The lowest BCUT2D eigenvalue weighted by atomic mass is 10.3. The molecule has 81 valence electrons. The quantitative estimate of drug-likeness (QED) is 0.550. The molecule has 15 heavy (non-hydrogen) atoms. The van der Waals surface area contributed by atoms with E-state index in [1.54, 1.807) is 24.3 Å². The summed E-state index contributed by atoms with van der Waals surface area (Å²) in [5.74, 6) is 1.06. The van der Waals surface area contributed by atoms with Crippen molar-refractivity contribution in [1.29, 1.82) is 0 Å². The average molecular weight is 207 g/mol. The second-order valence-electron chi connectivity index (χ2n) is 2.98. The van der Waals surface area contributed by atoms with Gasteiger partial charge in [-0.25, -0.2) is 0 Å². The first-order valence-electron chi connectivity index (χ1n) is 4.99. The van der Waals surface area contributed by atoms with E-state index >= 15 is 0 Å². The molecule has 3 heteroatoms. The summed E-state index contributed by atoms with van der Waals surface area (Å²) in [5.41, 5.74) is 0. The highest BCUT2D eigenvalue weighted by Gasteiger charge is 2.02. The van der Waals surface area contributed by atoms with Gasteiger partial charge in [-0.3, -0.25) is 4.79 Å². The van der Waals surface area contributed by atoms with Crippen molar-refractivity contribution in [2.24, 2.45) is 0 Å². The number of rotatable bonds is 5. The molecular weight excluding hydrogens is 192 g/mol. The number of carbonyl (C=O) groups is 1. The molecule has 0 aliphatic heterocycles. The van der Waals surface area contributed by atoms with Crippen molar-refractivity contribution in [1.82, 2.24) is 0 Å². The van der Waals surface area contributed by atoms with Crippen molar-refractivity contribution >= 4 is 5.97 Å². The molecule has 0 unspecified atom stereocenters. The molecule has 1 rings (SSSR count). The molecule has 0 aromatic heterocycles. The summed E-state index contributed by atoms with van der Waals surface area (Å²) in [5, 5.41) is 0. The third-order valence-electron chi connectivity index (χ3n) is 1.75. The Kier molecular flexibility index (Phi) is 4.68. The Balaban J connectivity index is 2.52. The third kappa shape index (κ3) is 4.02. The molecule has 0 N–H and O–H groups in total. The van der Waals surface area contributed by atoms with Crippen molar-refractivity contribution in [3.8, 4) is 11.5 Å². The van der Waals surface area contributed by atoms with Gasteiger partial charge in [0.25, 0.3) is 0 Å². The van der Waals surface area contributed by atoms with Crippen LogP contribution < -0.4 is 9.47 Å². The summed E-state index contributed by atoms with van der Waals surface area (Å²) in [6.45, 7) is 6.13. The van der Waals surface area contributed by atoms with Crippen LogP contribution in [0.1, 0.15) is 19.8 Å². The van der Waals surface area contributed by atoms with Gasteiger partial charge in [0, 0.05) is 6.42 Å². The average Bonchev–Trinajstić information content (AvgIpc) is 2.22. The summed E-state index contributed by atoms with van der Waals surface area (Å²) in [6, 6.07) is 6.98. The first-order valence-corrected chi connectivity index (χ1v) is 4.99. The van der Waals surface area contributed by atoms with Crippen LogP contribution in [0.15, 0.2) is 24.3 Å². The lowest BCUT2D eigenvalue weighted by molar-refractivity contribution is -0.134. The summed E-state index contributed by atoms with van der Waals surface area (Å²) in [7, 11) is 0. The van der Waals surface area contributed by atoms with E-state index in [2.05, 4.69) is 6.92 Å². The van der Waals surface area contributed by atoms with E-state index in [0.29, 0.717) is 25.2 Å². The van der Waals surface area contributed by atoms with Gasteiger partial charge < -0.3 is 9.47 Å². The molecule has 1 aromatic carbocycles. The van der Waals surface area contributed by atoms with E-state index < -0.39 is 0 Å². The van der Waals surface area contributed by atoms with Crippen molar-refractivity contribution in [2.45, 2.75) is 19.8 Å². The monoisotopic (exact) mass is 207 g/mol. The standard InChI is InChI=1S/C12H15O3/c1-3-5-12(13)15-11-8-6-10(7-9-11)14-4-2/h6-9H,1,3-5H2,2H3. The molecule has 1 radical (unpaired) electrons. The van der Waals surface area contributed by atoms with E-state index in [-0.39, 0.29) is 5.97 Å². The van der Waals surface area contributed by atoms with Crippen LogP contribution in [0.25, 0.3) is 0 Å². The van der Waals surface area contributed by atoms with Crippen LogP contribution in [0.3, 0.4) is 0 Å². The fourth-order valence-corrected chi connectivity index (χ4v) is 1.10. The van der Waals surface area contributed by atoms with Crippen LogP contribution in [-0.2, 0) is 4.79 Å². The van der Waals surface area contributed by atoms with E-state index in [1.807, 2.05) is 6.92 Å².